The summed E-state index contributed by atoms with van der Waals surface area (Å²) in [5.41, 5.74) is 1.05. The summed E-state index contributed by atoms with van der Waals surface area (Å²) in [6.07, 6.45) is -4.29. The summed E-state index contributed by atoms with van der Waals surface area (Å²) in [5.74, 6) is 0.565. The molecule has 1 saturated heterocycles. The predicted molar refractivity (Wildman–Crippen MR) is 94.6 cm³/mol. The van der Waals surface area contributed by atoms with Crippen LogP contribution in [0.25, 0.3) is 0 Å². The lowest BCUT2D eigenvalue weighted by atomic mass is 10.1. The number of rotatable bonds is 3. The Hall–Kier alpha value is -3.02. The second-order valence-corrected chi connectivity index (χ2v) is 6.69. The lowest BCUT2D eigenvalue weighted by Crippen LogP contribution is -2.49. The van der Waals surface area contributed by atoms with Crippen molar-refractivity contribution in [3.63, 3.8) is 0 Å². The Balaban J connectivity index is 1.67. The van der Waals surface area contributed by atoms with Crippen LogP contribution in [0.4, 0.5) is 18.9 Å². The highest BCUT2D eigenvalue weighted by Gasteiger charge is 2.32. The van der Waals surface area contributed by atoms with Gasteiger partial charge in [-0.25, -0.2) is 0 Å². The fraction of sp³-hybridized carbons (Fsp3) is 0.421. The Morgan fingerprint density at radius 1 is 1.25 bits per heavy atom. The van der Waals surface area contributed by atoms with Crippen LogP contribution in [0.2, 0.25) is 0 Å². The van der Waals surface area contributed by atoms with Crippen molar-refractivity contribution in [2.24, 2.45) is 0 Å². The maximum Gasteiger partial charge on any atom is 0.416 e. The molecule has 1 aliphatic rings. The number of halogens is 3. The first kappa shape index (κ1) is 19.7. The Morgan fingerprint density at radius 3 is 2.46 bits per heavy atom. The molecule has 0 unspecified atom stereocenters. The van der Waals surface area contributed by atoms with Crippen molar-refractivity contribution in [2.45, 2.75) is 26.4 Å². The fourth-order valence-electron chi connectivity index (χ4n) is 3.29. The van der Waals surface area contributed by atoms with Crippen LogP contribution in [0.1, 0.15) is 28.1 Å². The number of piperazine rings is 1. The first-order valence-corrected chi connectivity index (χ1v) is 8.76. The van der Waals surface area contributed by atoms with E-state index in [0.717, 1.165) is 17.7 Å². The van der Waals surface area contributed by atoms with Crippen LogP contribution in [0.15, 0.2) is 22.7 Å². The van der Waals surface area contributed by atoms with E-state index in [1.165, 1.54) is 6.07 Å². The van der Waals surface area contributed by atoms with Crippen molar-refractivity contribution in [1.82, 2.24) is 10.1 Å². The highest BCUT2D eigenvalue weighted by atomic mass is 19.4. The van der Waals surface area contributed by atoms with E-state index in [9.17, 15) is 23.2 Å². The zero-order valence-corrected chi connectivity index (χ0v) is 15.5. The quantitative estimate of drug-likeness (QED) is 0.803. The van der Waals surface area contributed by atoms with Crippen LogP contribution >= 0.6 is 0 Å². The number of aromatic nitrogens is 1. The molecule has 2 aromatic rings. The molecule has 1 aliphatic heterocycles. The van der Waals surface area contributed by atoms with E-state index in [0.29, 0.717) is 43.3 Å². The molecular weight excluding hydrogens is 373 g/mol. The van der Waals surface area contributed by atoms with E-state index in [1.54, 1.807) is 18.7 Å². The van der Waals surface area contributed by atoms with Gasteiger partial charge in [0.1, 0.15) is 11.8 Å². The number of aryl methyl sites for hydroxylation is 2. The summed E-state index contributed by atoms with van der Waals surface area (Å²) >= 11 is 0. The SMILES string of the molecule is Cc1noc(C)c1CC(=O)N1CCN(c2ccc(C(F)(F)F)cc2C#N)CC1. The second kappa shape index (κ2) is 7.54. The molecule has 148 valence electrons. The molecule has 0 aliphatic carbocycles. The Morgan fingerprint density at radius 2 is 1.93 bits per heavy atom. The summed E-state index contributed by atoms with van der Waals surface area (Å²) in [5, 5.41) is 13.1. The highest BCUT2D eigenvalue weighted by Crippen LogP contribution is 2.33. The van der Waals surface area contributed by atoms with Gasteiger partial charge in [0.05, 0.1) is 28.9 Å². The van der Waals surface area contributed by atoms with Crippen LogP contribution in [-0.2, 0) is 17.4 Å². The molecule has 0 spiro atoms. The predicted octanol–water partition coefficient (Wildman–Crippen LogP) is 3.07. The molecule has 3 rings (SSSR count). The molecule has 6 nitrogen and oxygen atoms in total. The zero-order chi connectivity index (χ0) is 20.5. The Bertz CT molecular complexity index is 903. The van der Waals surface area contributed by atoms with E-state index in [-0.39, 0.29) is 17.9 Å². The van der Waals surface area contributed by atoms with E-state index < -0.39 is 11.7 Å². The number of benzene rings is 1. The van der Waals surface area contributed by atoms with Crippen LogP contribution in [0, 0.1) is 25.2 Å². The van der Waals surface area contributed by atoms with Crippen LogP contribution in [0.5, 0.6) is 0 Å². The van der Waals surface area contributed by atoms with Crippen LogP contribution < -0.4 is 4.90 Å². The molecule has 1 aromatic carbocycles. The number of anilines is 1. The molecule has 1 aromatic heterocycles. The maximum atomic E-state index is 12.9. The molecule has 0 radical (unpaired) electrons. The molecule has 2 heterocycles. The monoisotopic (exact) mass is 392 g/mol. The van der Waals surface area contributed by atoms with E-state index >= 15 is 0 Å². The van der Waals surface area contributed by atoms with Gasteiger partial charge in [-0.1, -0.05) is 5.16 Å². The largest absolute Gasteiger partial charge is 0.416 e. The summed E-state index contributed by atoms with van der Waals surface area (Å²) in [7, 11) is 0. The number of nitrogens with zero attached hydrogens (tertiary/aromatic N) is 4. The van der Waals surface area contributed by atoms with Crippen molar-refractivity contribution >= 4 is 11.6 Å². The molecule has 9 heteroatoms. The van der Waals surface area contributed by atoms with Gasteiger partial charge in [-0.05, 0) is 32.0 Å². The van der Waals surface area contributed by atoms with Gasteiger partial charge in [-0.15, -0.1) is 0 Å². The van der Waals surface area contributed by atoms with Gasteiger partial charge in [0, 0.05) is 31.7 Å². The van der Waals surface area contributed by atoms with Crippen molar-refractivity contribution in [3.05, 3.63) is 46.3 Å². The average Bonchev–Trinajstić information content (AvgIpc) is 2.99. The molecule has 28 heavy (non-hydrogen) atoms. The first-order valence-electron chi connectivity index (χ1n) is 8.76. The molecule has 0 saturated carbocycles. The average molecular weight is 392 g/mol. The number of carbonyl (C=O) groups excluding carboxylic acids is 1. The van der Waals surface area contributed by atoms with Crippen molar-refractivity contribution < 1.29 is 22.5 Å². The lowest BCUT2D eigenvalue weighted by Gasteiger charge is -2.36. The minimum Gasteiger partial charge on any atom is -0.367 e. The summed E-state index contributed by atoms with van der Waals surface area (Å²) in [6.45, 7) is 5.27. The van der Waals surface area contributed by atoms with Gasteiger partial charge in [-0.3, -0.25) is 4.79 Å². The zero-order valence-electron chi connectivity index (χ0n) is 15.5. The maximum absolute atomic E-state index is 12.9. The minimum atomic E-state index is -4.49. The normalized spacial score (nSPS) is 14.9. The molecule has 0 atom stereocenters. The number of amides is 1. The molecule has 0 N–H and O–H groups in total. The first-order chi connectivity index (χ1) is 13.2. The van der Waals surface area contributed by atoms with Gasteiger partial charge >= 0.3 is 6.18 Å². The Kier molecular flexibility index (Phi) is 5.31. The molecular formula is C19H19F3N4O2. The van der Waals surface area contributed by atoms with E-state index in [1.807, 2.05) is 11.0 Å². The number of hydrogen-bond acceptors (Lipinski definition) is 5. The van der Waals surface area contributed by atoms with Gasteiger partial charge in [0.15, 0.2) is 0 Å². The highest BCUT2D eigenvalue weighted by molar-refractivity contribution is 5.79. The number of carbonyl (C=O) groups is 1. The van der Waals surface area contributed by atoms with Gasteiger partial charge in [0.25, 0.3) is 0 Å². The topological polar surface area (TPSA) is 73.4 Å². The molecule has 0 bridgehead atoms. The van der Waals surface area contributed by atoms with Crippen molar-refractivity contribution in [3.8, 4) is 6.07 Å². The minimum absolute atomic E-state index is 0.0228. The third-order valence-corrected chi connectivity index (χ3v) is 4.93. The fourth-order valence-corrected chi connectivity index (χ4v) is 3.29. The number of nitriles is 1. The molecule has 1 fully saturated rings. The van der Waals surface area contributed by atoms with E-state index in [2.05, 4.69) is 5.16 Å². The van der Waals surface area contributed by atoms with Crippen LogP contribution in [0.3, 0.4) is 0 Å². The third-order valence-electron chi connectivity index (χ3n) is 4.93. The Labute approximate surface area is 160 Å². The second-order valence-electron chi connectivity index (χ2n) is 6.69. The third kappa shape index (κ3) is 3.96. The number of hydrogen-bond donors (Lipinski definition) is 0. The molecule has 1 amide bonds. The number of alkyl halides is 3. The van der Waals surface area contributed by atoms with Gasteiger partial charge in [-0.2, -0.15) is 18.4 Å². The van der Waals surface area contributed by atoms with Gasteiger partial charge in [0.2, 0.25) is 5.91 Å². The standard InChI is InChI=1S/C19H19F3N4O2/c1-12-16(13(2)28-24-12)10-18(27)26-7-5-25(6-8-26)17-4-3-15(19(20,21)22)9-14(17)11-23/h3-4,9H,5-8,10H2,1-2H3. The lowest BCUT2D eigenvalue weighted by molar-refractivity contribution is -0.137. The summed E-state index contributed by atoms with van der Waals surface area (Å²) in [6, 6.07) is 5.01. The van der Waals surface area contributed by atoms with Crippen molar-refractivity contribution in [1.29, 1.82) is 5.26 Å². The summed E-state index contributed by atoms with van der Waals surface area (Å²) < 4.78 is 43.6. The van der Waals surface area contributed by atoms with Crippen LogP contribution in [-0.4, -0.2) is 42.1 Å². The van der Waals surface area contributed by atoms with E-state index in [4.69, 9.17) is 4.52 Å². The van der Waals surface area contributed by atoms with Gasteiger partial charge < -0.3 is 14.3 Å². The van der Waals surface area contributed by atoms with Crippen molar-refractivity contribution in [2.75, 3.05) is 31.1 Å². The summed E-state index contributed by atoms with van der Waals surface area (Å²) in [4.78, 5) is 16.1. The smallest absolute Gasteiger partial charge is 0.367 e.